The topological polar surface area (TPSA) is 46.3 Å². The van der Waals surface area contributed by atoms with Gasteiger partial charge in [-0.05, 0) is 37.1 Å². The number of hydrogen-bond donors (Lipinski definition) is 1. The lowest BCUT2D eigenvalue weighted by Crippen LogP contribution is -2.31. The first kappa shape index (κ1) is 15.0. The summed E-state index contributed by atoms with van der Waals surface area (Å²) in [4.78, 5) is 14.8. The fraction of sp³-hybridized carbons (Fsp3) is 0.462. The Morgan fingerprint density at radius 1 is 1.47 bits per heavy atom. The largest absolute Gasteiger partial charge is 0.342 e. The summed E-state index contributed by atoms with van der Waals surface area (Å²) in [5.74, 6) is 0.970. The van der Waals surface area contributed by atoms with Crippen LogP contribution in [0.3, 0.4) is 0 Å². The molecule has 1 aliphatic rings. The van der Waals surface area contributed by atoms with Crippen molar-refractivity contribution in [2.24, 2.45) is 11.7 Å². The summed E-state index contributed by atoms with van der Waals surface area (Å²) in [6.45, 7) is 2.24. The van der Waals surface area contributed by atoms with E-state index in [1.165, 1.54) is 11.8 Å². The number of carbonyl (C=O) groups excluding carboxylic acids is 1. The van der Waals surface area contributed by atoms with Gasteiger partial charge in [-0.3, -0.25) is 4.79 Å². The fourth-order valence-electron chi connectivity index (χ4n) is 2.07. The molecule has 1 unspecified atom stereocenters. The lowest BCUT2D eigenvalue weighted by molar-refractivity contribution is -0.127. The molecule has 0 radical (unpaired) electrons. The standard InChI is InChI=1S/C13H16Cl2N2OS/c14-10-1-2-11(15)12(5-10)19-8-13(18)17-4-3-9(6-16)7-17/h1-2,5,9H,3-4,6-8,16H2. The van der Waals surface area contributed by atoms with Crippen LogP contribution in [0.25, 0.3) is 0 Å². The molecule has 0 spiro atoms. The Morgan fingerprint density at radius 3 is 2.95 bits per heavy atom. The Morgan fingerprint density at radius 2 is 2.26 bits per heavy atom. The normalized spacial score (nSPS) is 18.9. The second kappa shape index (κ2) is 6.84. The lowest BCUT2D eigenvalue weighted by atomic mass is 10.1. The number of hydrogen-bond acceptors (Lipinski definition) is 3. The van der Waals surface area contributed by atoms with E-state index >= 15 is 0 Å². The first-order chi connectivity index (χ1) is 9.10. The highest BCUT2D eigenvalue weighted by molar-refractivity contribution is 8.00. The minimum atomic E-state index is 0.136. The van der Waals surface area contributed by atoms with Gasteiger partial charge < -0.3 is 10.6 Å². The van der Waals surface area contributed by atoms with Gasteiger partial charge in [-0.25, -0.2) is 0 Å². The molecule has 1 aromatic rings. The van der Waals surface area contributed by atoms with Gasteiger partial charge in [0.05, 0.1) is 10.8 Å². The molecule has 104 valence electrons. The Bertz CT molecular complexity index is 470. The summed E-state index contributed by atoms with van der Waals surface area (Å²) in [7, 11) is 0. The molecule has 1 atom stereocenters. The van der Waals surface area contributed by atoms with Crippen molar-refractivity contribution in [1.29, 1.82) is 0 Å². The predicted octanol–water partition coefficient (Wildman–Crippen LogP) is 2.89. The fourth-order valence-corrected chi connectivity index (χ4v) is 3.47. The summed E-state index contributed by atoms with van der Waals surface area (Å²) >= 11 is 13.4. The van der Waals surface area contributed by atoms with E-state index in [0.29, 0.717) is 28.3 Å². The van der Waals surface area contributed by atoms with Crippen LogP contribution < -0.4 is 5.73 Å². The first-order valence-electron chi connectivity index (χ1n) is 6.16. The Kier molecular flexibility index (Phi) is 5.39. The van der Waals surface area contributed by atoms with E-state index in [4.69, 9.17) is 28.9 Å². The van der Waals surface area contributed by atoms with E-state index < -0.39 is 0 Å². The molecule has 6 heteroatoms. The van der Waals surface area contributed by atoms with Gasteiger partial charge >= 0.3 is 0 Å². The second-order valence-electron chi connectivity index (χ2n) is 4.59. The third-order valence-electron chi connectivity index (χ3n) is 3.22. The van der Waals surface area contributed by atoms with Crippen molar-refractivity contribution in [3.63, 3.8) is 0 Å². The van der Waals surface area contributed by atoms with Crippen LogP contribution in [0.5, 0.6) is 0 Å². The maximum absolute atomic E-state index is 12.1. The Labute approximate surface area is 127 Å². The predicted molar refractivity (Wildman–Crippen MR) is 80.9 cm³/mol. The number of rotatable bonds is 4. The van der Waals surface area contributed by atoms with Crippen molar-refractivity contribution in [3.05, 3.63) is 28.2 Å². The van der Waals surface area contributed by atoms with Crippen LogP contribution >= 0.6 is 35.0 Å². The van der Waals surface area contributed by atoms with Gasteiger partial charge in [0.1, 0.15) is 0 Å². The number of halogens is 2. The van der Waals surface area contributed by atoms with Crippen molar-refractivity contribution >= 4 is 40.9 Å². The maximum atomic E-state index is 12.1. The molecule has 0 aromatic heterocycles. The molecule has 1 aliphatic heterocycles. The van der Waals surface area contributed by atoms with Crippen molar-refractivity contribution in [2.75, 3.05) is 25.4 Å². The third kappa shape index (κ3) is 4.02. The second-order valence-corrected chi connectivity index (χ2v) is 6.45. The highest BCUT2D eigenvalue weighted by Crippen LogP contribution is 2.30. The zero-order valence-electron chi connectivity index (χ0n) is 10.4. The zero-order valence-corrected chi connectivity index (χ0v) is 12.8. The quantitative estimate of drug-likeness (QED) is 0.868. The number of thioether (sulfide) groups is 1. The molecule has 2 rings (SSSR count). The molecule has 1 amide bonds. The number of nitrogens with zero attached hydrogens (tertiary/aromatic N) is 1. The molecule has 1 saturated heterocycles. The average molecular weight is 319 g/mol. The van der Waals surface area contributed by atoms with E-state index in [2.05, 4.69) is 0 Å². The molecule has 3 nitrogen and oxygen atoms in total. The van der Waals surface area contributed by atoms with Crippen LogP contribution in [0.4, 0.5) is 0 Å². The molecular weight excluding hydrogens is 303 g/mol. The van der Waals surface area contributed by atoms with Gasteiger partial charge in [-0.15, -0.1) is 11.8 Å². The highest BCUT2D eigenvalue weighted by Gasteiger charge is 2.25. The SMILES string of the molecule is NCC1CCN(C(=O)CSc2cc(Cl)ccc2Cl)C1. The Balaban J connectivity index is 1.88. The smallest absolute Gasteiger partial charge is 0.232 e. The zero-order chi connectivity index (χ0) is 13.8. The molecule has 2 N–H and O–H groups in total. The van der Waals surface area contributed by atoms with Crippen molar-refractivity contribution in [3.8, 4) is 0 Å². The molecule has 1 fully saturated rings. The number of amides is 1. The molecule has 1 heterocycles. The maximum Gasteiger partial charge on any atom is 0.232 e. The van der Waals surface area contributed by atoms with Crippen LogP contribution in [0.1, 0.15) is 6.42 Å². The van der Waals surface area contributed by atoms with E-state index in [0.717, 1.165) is 24.4 Å². The highest BCUT2D eigenvalue weighted by atomic mass is 35.5. The lowest BCUT2D eigenvalue weighted by Gasteiger charge is -2.16. The van der Waals surface area contributed by atoms with Gasteiger partial charge in [0.15, 0.2) is 0 Å². The monoisotopic (exact) mass is 318 g/mol. The van der Waals surface area contributed by atoms with E-state index in [1.807, 2.05) is 4.90 Å². The summed E-state index contributed by atoms with van der Waals surface area (Å²) in [5, 5.41) is 1.26. The minimum absolute atomic E-state index is 0.136. The third-order valence-corrected chi connectivity index (χ3v) is 4.93. The van der Waals surface area contributed by atoms with Gasteiger partial charge in [0, 0.05) is 23.0 Å². The number of benzene rings is 1. The van der Waals surface area contributed by atoms with Gasteiger partial charge in [-0.1, -0.05) is 23.2 Å². The van der Waals surface area contributed by atoms with E-state index in [9.17, 15) is 4.79 Å². The molecule has 19 heavy (non-hydrogen) atoms. The van der Waals surface area contributed by atoms with Crippen molar-refractivity contribution in [1.82, 2.24) is 4.90 Å². The number of likely N-dealkylation sites (tertiary alicyclic amines) is 1. The van der Waals surface area contributed by atoms with Gasteiger partial charge in [0.2, 0.25) is 5.91 Å². The van der Waals surface area contributed by atoms with E-state index in [-0.39, 0.29) is 5.91 Å². The van der Waals surface area contributed by atoms with Crippen LogP contribution in [0.2, 0.25) is 10.0 Å². The van der Waals surface area contributed by atoms with Crippen LogP contribution in [-0.4, -0.2) is 36.2 Å². The number of nitrogens with two attached hydrogens (primary N) is 1. The van der Waals surface area contributed by atoms with Crippen molar-refractivity contribution in [2.45, 2.75) is 11.3 Å². The summed E-state index contributed by atoms with van der Waals surface area (Å²) in [6.07, 6.45) is 1.00. The first-order valence-corrected chi connectivity index (χ1v) is 7.90. The summed E-state index contributed by atoms with van der Waals surface area (Å²) in [6, 6.07) is 5.27. The van der Waals surface area contributed by atoms with Crippen molar-refractivity contribution < 1.29 is 4.79 Å². The molecule has 0 aliphatic carbocycles. The van der Waals surface area contributed by atoms with E-state index in [1.54, 1.807) is 18.2 Å². The minimum Gasteiger partial charge on any atom is -0.342 e. The average Bonchev–Trinajstić information content (AvgIpc) is 2.88. The molecular formula is C13H16Cl2N2OS. The van der Waals surface area contributed by atoms with Crippen LogP contribution in [0.15, 0.2) is 23.1 Å². The summed E-state index contributed by atoms with van der Waals surface area (Å²) < 4.78 is 0. The molecule has 0 bridgehead atoms. The molecule has 0 saturated carbocycles. The van der Waals surface area contributed by atoms with Crippen LogP contribution in [0, 0.1) is 5.92 Å². The van der Waals surface area contributed by atoms with Gasteiger partial charge in [-0.2, -0.15) is 0 Å². The van der Waals surface area contributed by atoms with Crippen LogP contribution in [-0.2, 0) is 4.79 Å². The number of carbonyl (C=O) groups is 1. The van der Waals surface area contributed by atoms with Gasteiger partial charge in [0.25, 0.3) is 0 Å². The Hall–Kier alpha value is -0.420. The summed E-state index contributed by atoms with van der Waals surface area (Å²) in [5.41, 5.74) is 5.62. The molecule has 1 aromatic carbocycles.